The van der Waals surface area contributed by atoms with Gasteiger partial charge in [0.25, 0.3) is 0 Å². The highest BCUT2D eigenvalue weighted by atomic mass is 35.5. The van der Waals surface area contributed by atoms with Crippen LogP contribution in [0.4, 0.5) is 0 Å². The third-order valence-electron chi connectivity index (χ3n) is 3.02. The average molecular weight is 225 g/mol. The molecule has 1 saturated heterocycles. The quantitative estimate of drug-likeness (QED) is 0.731. The third-order valence-corrected chi connectivity index (χ3v) is 3.23. The monoisotopic (exact) mass is 224 g/mol. The third kappa shape index (κ3) is 3.18. The molecule has 1 aliphatic heterocycles. The van der Waals surface area contributed by atoms with E-state index in [0.29, 0.717) is 0 Å². The number of aromatic nitrogens is 1. The van der Waals surface area contributed by atoms with Crippen LogP contribution in [0.1, 0.15) is 18.4 Å². The normalized spacial score (nSPS) is 22.1. The van der Waals surface area contributed by atoms with Gasteiger partial charge in [-0.25, -0.2) is 0 Å². The summed E-state index contributed by atoms with van der Waals surface area (Å²) in [6.07, 6.45) is 6.23. The van der Waals surface area contributed by atoms with Gasteiger partial charge >= 0.3 is 0 Å². The molecule has 0 spiro atoms. The van der Waals surface area contributed by atoms with E-state index in [-0.39, 0.29) is 0 Å². The van der Waals surface area contributed by atoms with E-state index in [2.05, 4.69) is 16.0 Å². The molecule has 2 rings (SSSR count). The zero-order valence-corrected chi connectivity index (χ0v) is 9.66. The van der Waals surface area contributed by atoms with Crippen LogP contribution in [0.25, 0.3) is 0 Å². The molecule has 0 amide bonds. The largest absolute Gasteiger partial charge is 0.299 e. The second-order valence-corrected chi connectivity index (χ2v) is 4.61. The fraction of sp³-hybridized carbons (Fsp3) is 0.583. The zero-order valence-electron chi connectivity index (χ0n) is 8.90. The van der Waals surface area contributed by atoms with Crippen LogP contribution >= 0.6 is 11.6 Å². The van der Waals surface area contributed by atoms with Crippen molar-refractivity contribution in [3.05, 3.63) is 30.1 Å². The van der Waals surface area contributed by atoms with Gasteiger partial charge in [-0.15, -0.1) is 11.6 Å². The molecule has 0 radical (unpaired) electrons. The molecule has 1 aliphatic rings. The van der Waals surface area contributed by atoms with E-state index in [9.17, 15) is 0 Å². The average Bonchev–Trinajstić information content (AvgIpc) is 2.68. The Labute approximate surface area is 96.3 Å². The Morgan fingerprint density at radius 3 is 3.20 bits per heavy atom. The van der Waals surface area contributed by atoms with Gasteiger partial charge in [0.15, 0.2) is 0 Å². The maximum absolute atomic E-state index is 5.76. The van der Waals surface area contributed by atoms with Gasteiger partial charge in [-0.1, -0.05) is 6.07 Å². The molecule has 1 atom stereocenters. The molecule has 1 aromatic rings. The van der Waals surface area contributed by atoms with Crippen molar-refractivity contribution >= 4 is 11.6 Å². The number of nitrogens with zero attached hydrogens (tertiary/aromatic N) is 2. The molecule has 3 heteroatoms. The van der Waals surface area contributed by atoms with E-state index in [4.69, 9.17) is 11.6 Å². The molecule has 0 bridgehead atoms. The van der Waals surface area contributed by atoms with Crippen molar-refractivity contribution in [2.75, 3.05) is 19.0 Å². The molecule has 15 heavy (non-hydrogen) atoms. The zero-order chi connectivity index (χ0) is 10.5. The van der Waals surface area contributed by atoms with E-state index >= 15 is 0 Å². The van der Waals surface area contributed by atoms with Crippen molar-refractivity contribution in [1.82, 2.24) is 9.88 Å². The molecule has 1 fully saturated rings. The maximum atomic E-state index is 5.76. The van der Waals surface area contributed by atoms with Gasteiger partial charge < -0.3 is 0 Å². The molecule has 2 nitrogen and oxygen atoms in total. The number of rotatable bonds is 4. The van der Waals surface area contributed by atoms with Gasteiger partial charge in [0, 0.05) is 31.4 Å². The summed E-state index contributed by atoms with van der Waals surface area (Å²) in [5.41, 5.74) is 1.31. The Hall–Kier alpha value is -0.600. The first-order valence-corrected chi connectivity index (χ1v) is 6.09. The van der Waals surface area contributed by atoms with Crippen LogP contribution in [-0.2, 0) is 6.54 Å². The number of hydrogen-bond acceptors (Lipinski definition) is 2. The van der Waals surface area contributed by atoms with E-state index in [1.165, 1.54) is 25.1 Å². The minimum absolute atomic E-state index is 0.797. The van der Waals surface area contributed by atoms with Gasteiger partial charge in [0.1, 0.15) is 0 Å². The number of likely N-dealkylation sites (tertiary alicyclic amines) is 1. The van der Waals surface area contributed by atoms with Crippen LogP contribution in [-0.4, -0.2) is 28.9 Å². The smallest absolute Gasteiger partial charge is 0.0312 e. The summed E-state index contributed by atoms with van der Waals surface area (Å²) in [5.74, 6) is 1.60. The van der Waals surface area contributed by atoms with Crippen molar-refractivity contribution in [1.29, 1.82) is 0 Å². The summed E-state index contributed by atoms with van der Waals surface area (Å²) >= 11 is 5.76. The van der Waals surface area contributed by atoms with E-state index in [0.717, 1.165) is 24.8 Å². The lowest BCUT2D eigenvalue weighted by atomic mass is 10.1. The van der Waals surface area contributed by atoms with Gasteiger partial charge in [-0.05, 0) is 36.9 Å². The topological polar surface area (TPSA) is 16.1 Å². The van der Waals surface area contributed by atoms with E-state index < -0.39 is 0 Å². The summed E-state index contributed by atoms with van der Waals surface area (Å²) in [4.78, 5) is 6.63. The molecular weight excluding hydrogens is 208 g/mol. The predicted octanol–water partition coefficient (Wildman–Crippen LogP) is 2.53. The van der Waals surface area contributed by atoms with Crippen LogP contribution < -0.4 is 0 Å². The summed E-state index contributed by atoms with van der Waals surface area (Å²) in [7, 11) is 0. The minimum atomic E-state index is 0.797. The SMILES string of the molecule is ClCCC1CCN(Cc2cccnc2)C1. The van der Waals surface area contributed by atoms with Crippen molar-refractivity contribution in [2.24, 2.45) is 5.92 Å². The first kappa shape index (κ1) is 10.9. The first-order valence-electron chi connectivity index (χ1n) is 5.55. The van der Waals surface area contributed by atoms with Crippen LogP contribution in [0, 0.1) is 5.92 Å². The standard InChI is InChI=1S/C12H17ClN2/c13-5-3-11-4-7-15(9-11)10-12-2-1-6-14-8-12/h1-2,6,8,11H,3-5,7,9-10H2. The molecule has 0 aromatic carbocycles. The second kappa shape index (κ2) is 5.47. The number of halogens is 1. The molecule has 1 unspecified atom stereocenters. The van der Waals surface area contributed by atoms with Crippen molar-refractivity contribution in [3.63, 3.8) is 0 Å². The van der Waals surface area contributed by atoms with Gasteiger partial charge in [0.05, 0.1) is 0 Å². The number of hydrogen-bond donors (Lipinski definition) is 0. The molecule has 0 saturated carbocycles. The van der Waals surface area contributed by atoms with Crippen LogP contribution in [0.5, 0.6) is 0 Å². The molecule has 82 valence electrons. The maximum Gasteiger partial charge on any atom is 0.0312 e. The summed E-state index contributed by atoms with van der Waals surface area (Å²) in [6, 6.07) is 4.14. The van der Waals surface area contributed by atoms with E-state index in [1.54, 1.807) is 0 Å². The molecule has 2 heterocycles. The fourth-order valence-electron chi connectivity index (χ4n) is 2.20. The second-order valence-electron chi connectivity index (χ2n) is 4.23. The lowest BCUT2D eigenvalue weighted by Gasteiger charge is -2.15. The van der Waals surface area contributed by atoms with Gasteiger partial charge in [-0.2, -0.15) is 0 Å². The van der Waals surface area contributed by atoms with Crippen molar-refractivity contribution in [2.45, 2.75) is 19.4 Å². The Morgan fingerprint density at radius 1 is 1.53 bits per heavy atom. The summed E-state index contributed by atoms with van der Waals surface area (Å²) in [6.45, 7) is 3.44. The molecule has 1 aromatic heterocycles. The summed E-state index contributed by atoms with van der Waals surface area (Å²) < 4.78 is 0. The van der Waals surface area contributed by atoms with E-state index in [1.807, 2.05) is 18.5 Å². The predicted molar refractivity (Wildman–Crippen MR) is 63.0 cm³/mol. The Balaban J connectivity index is 1.82. The van der Waals surface area contributed by atoms with Crippen molar-refractivity contribution in [3.8, 4) is 0 Å². The highest BCUT2D eigenvalue weighted by Gasteiger charge is 2.21. The van der Waals surface area contributed by atoms with Crippen LogP contribution in [0.15, 0.2) is 24.5 Å². The van der Waals surface area contributed by atoms with Crippen molar-refractivity contribution < 1.29 is 0 Å². The Kier molecular flexibility index (Phi) is 3.98. The molecule has 0 aliphatic carbocycles. The highest BCUT2D eigenvalue weighted by Crippen LogP contribution is 2.21. The van der Waals surface area contributed by atoms with Crippen LogP contribution in [0.3, 0.4) is 0 Å². The lowest BCUT2D eigenvalue weighted by Crippen LogP contribution is -2.20. The number of alkyl halides is 1. The lowest BCUT2D eigenvalue weighted by molar-refractivity contribution is 0.315. The Bertz CT molecular complexity index is 289. The molecule has 0 N–H and O–H groups in total. The summed E-state index contributed by atoms with van der Waals surface area (Å²) in [5, 5.41) is 0. The Morgan fingerprint density at radius 2 is 2.47 bits per heavy atom. The molecular formula is C12H17ClN2. The van der Waals surface area contributed by atoms with Gasteiger partial charge in [-0.3, -0.25) is 9.88 Å². The fourth-order valence-corrected chi connectivity index (χ4v) is 2.50. The minimum Gasteiger partial charge on any atom is -0.299 e. The highest BCUT2D eigenvalue weighted by molar-refractivity contribution is 6.17. The van der Waals surface area contributed by atoms with Gasteiger partial charge in [0.2, 0.25) is 0 Å². The van der Waals surface area contributed by atoms with Crippen LogP contribution in [0.2, 0.25) is 0 Å². The first-order chi connectivity index (χ1) is 7.38. The number of pyridine rings is 1.